The van der Waals surface area contributed by atoms with E-state index in [-0.39, 0.29) is 23.8 Å². The maximum Gasteiger partial charge on any atom is 0.295 e. The molecule has 0 aliphatic carbocycles. The van der Waals surface area contributed by atoms with E-state index in [9.17, 15) is 19.1 Å². The highest BCUT2D eigenvalue weighted by molar-refractivity contribution is 6.46. The number of carbonyl (C=O) groups excluding carboxylic acids is 2. The molecule has 1 aliphatic heterocycles. The van der Waals surface area contributed by atoms with Crippen molar-refractivity contribution in [1.82, 2.24) is 4.90 Å². The maximum atomic E-state index is 13.8. The number of amides is 1. The van der Waals surface area contributed by atoms with Crippen LogP contribution in [0.15, 0.2) is 66.2 Å². The molecule has 7 heteroatoms. The van der Waals surface area contributed by atoms with E-state index in [0.29, 0.717) is 33.9 Å². The molecule has 1 unspecified atom stereocenters. The fourth-order valence-electron chi connectivity index (χ4n) is 4.73. The second kappa shape index (κ2) is 10.8. The Labute approximate surface area is 221 Å². The van der Waals surface area contributed by atoms with Crippen LogP contribution in [0.3, 0.4) is 0 Å². The number of hydrogen-bond acceptors (Lipinski definition) is 4. The van der Waals surface area contributed by atoms with E-state index in [4.69, 9.17) is 16.3 Å². The van der Waals surface area contributed by atoms with E-state index in [0.717, 1.165) is 11.1 Å². The van der Waals surface area contributed by atoms with Crippen molar-refractivity contribution < 1.29 is 23.8 Å². The molecule has 3 aromatic rings. The number of Topliss-reactive ketones (excluding diaryl/α,β-unsaturated/α-hetero) is 1. The van der Waals surface area contributed by atoms with Crippen molar-refractivity contribution in [2.45, 2.75) is 39.2 Å². The van der Waals surface area contributed by atoms with Gasteiger partial charge in [-0.1, -0.05) is 49.7 Å². The number of aliphatic hydroxyl groups excluding tert-OH is 1. The zero-order valence-corrected chi connectivity index (χ0v) is 22.0. The van der Waals surface area contributed by atoms with Gasteiger partial charge in [-0.05, 0) is 77.9 Å². The van der Waals surface area contributed by atoms with Gasteiger partial charge >= 0.3 is 0 Å². The Hall–Kier alpha value is -3.64. The molecule has 37 heavy (non-hydrogen) atoms. The molecule has 5 nitrogen and oxygen atoms in total. The highest BCUT2D eigenvalue weighted by Crippen LogP contribution is 2.41. The Morgan fingerprint density at radius 2 is 1.73 bits per heavy atom. The van der Waals surface area contributed by atoms with Crippen molar-refractivity contribution in [3.8, 4) is 5.75 Å². The largest absolute Gasteiger partial charge is 0.507 e. The minimum absolute atomic E-state index is 0.0179. The van der Waals surface area contributed by atoms with Crippen molar-refractivity contribution in [3.63, 3.8) is 0 Å². The lowest BCUT2D eigenvalue weighted by atomic mass is 9.91. The zero-order valence-electron chi connectivity index (χ0n) is 21.2. The molecule has 1 amide bonds. The van der Waals surface area contributed by atoms with Gasteiger partial charge in [0, 0.05) is 17.1 Å². The Bertz CT molecular complexity index is 1360. The molecule has 0 radical (unpaired) electrons. The summed E-state index contributed by atoms with van der Waals surface area (Å²) in [6, 6.07) is 15.6. The summed E-state index contributed by atoms with van der Waals surface area (Å²) >= 11 is 5.99. The third-order valence-electron chi connectivity index (χ3n) is 6.73. The van der Waals surface area contributed by atoms with Gasteiger partial charge in [0.25, 0.3) is 11.7 Å². The lowest BCUT2D eigenvalue weighted by Gasteiger charge is -2.26. The van der Waals surface area contributed by atoms with Crippen LogP contribution in [0.4, 0.5) is 4.39 Å². The molecule has 0 aromatic heterocycles. The van der Waals surface area contributed by atoms with Crippen LogP contribution >= 0.6 is 11.6 Å². The molecule has 0 bridgehead atoms. The summed E-state index contributed by atoms with van der Waals surface area (Å²) in [6.45, 7) is 6.05. The minimum atomic E-state index is -0.864. The summed E-state index contributed by atoms with van der Waals surface area (Å²) in [5.41, 5.74) is 3.47. The molecule has 3 aromatic carbocycles. The van der Waals surface area contributed by atoms with Crippen LogP contribution in [0.25, 0.3) is 5.76 Å². The molecule has 4 rings (SSSR count). The van der Waals surface area contributed by atoms with Crippen LogP contribution in [0, 0.1) is 12.7 Å². The molecular weight excluding hydrogens is 493 g/mol. The lowest BCUT2D eigenvalue weighted by Crippen LogP contribution is -2.31. The fraction of sp³-hybridized carbons (Fsp3) is 0.267. The first-order chi connectivity index (χ1) is 17.6. The molecule has 1 fully saturated rings. The third-order valence-corrected chi connectivity index (χ3v) is 6.99. The first-order valence-electron chi connectivity index (χ1n) is 12.1. The molecule has 1 saturated heterocycles. The second-order valence-corrected chi connectivity index (χ2v) is 9.92. The summed E-state index contributed by atoms with van der Waals surface area (Å²) in [5.74, 6) is -1.40. The van der Waals surface area contributed by atoms with Gasteiger partial charge < -0.3 is 14.7 Å². The van der Waals surface area contributed by atoms with E-state index in [1.165, 1.54) is 29.2 Å². The van der Waals surface area contributed by atoms with Gasteiger partial charge in [0.05, 0.1) is 18.7 Å². The molecule has 0 saturated carbocycles. The highest BCUT2D eigenvalue weighted by atomic mass is 35.5. The topological polar surface area (TPSA) is 66.8 Å². The number of hydrogen-bond donors (Lipinski definition) is 1. The smallest absolute Gasteiger partial charge is 0.295 e. The highest BCUT2D eigenvalue weighted by Gasteiger charge is 2.46. The van der Waals surface area contributed by atoms with Gasteiger partial charge in [-0.15, -0.1) is 0 Å². The van der Waals surface area contributed by atoms with Crippen LogP contribution < -0.4 is 4.74 Å². The quantitative estimate of drug-likeness (QED) is 0.216. The van der Waals surface area contributed by atoms with Crippen molar-refractivity contribution in [2.24, 2.45) is 0 Å². The number of likely N-dealkylation sites (tertiary alicyclic amines) is 1. The van der Waals surface area contributed by atoms with Crippen LogP contribution in [0.2, 0.25) is 5.02 Å². The van der Waals surface area contributed by atoms with E-state index in [2.05, 4.69) is 0 Å². The average molecular weight is 522 g/mol. The molecule has 192 valence electrons. The summed E-state index contributed by atoms with van der Waals surface area (Å²) in [7, 11) is 1.58. The first-order valence-corrected chi connectivity index (χ1v) is 12.5. The number of aliphatic hydroxyl groups is 1. The number of methoxy groups -OCH3 is 1. The first kappa shape index (κ1) is 26.4. The van der Waals surface area contributed by atoms with Crippen molar-refractivity contribution in [3.05, 3.63) is 105 Å². The second-order valence-electron chi connectivity index (χ2n) is 9.48. The molecule has 1 aliphatic rings. The minimum Gasteiger partial charge on any atom is -0.507 e. The van der Waals surface area contributed by atoms with E-state index in [1.807, 2.05) is 39.0 Å². The standard InChI is InChI=1S/C30H29ClFNO4/c1-17(2)23-16-24(18(3)15-25(23)37-4)28(34)26-27(20-7-11-22(32)12-8-20)33(30(36)29(26)35)14-13-19-5-9-21(31)10-6-19/h5-12,15-17,27,34H,13-14H2,1-4H3/b28-26+. The Balaban J connectivity index is 1.83. The van der Waals surface area contributed by atoms with Gasteiger partial charge in [-0.25, -0.2) is 4.39 Å². The van der Waals surface area contributed by atoms with Crippen LogP contribution in [-0.4, -0.2) is 35.4 Å². The number of ketones is 1. The SMILES string of the molecule is COc1cc(C)c(/C(O)=C2\C(=O)C(=O)N(CCc3ccc(Cl)cc3)C2c2ccc(F)cc2)cc1C(C)C. The zero-order chi connectivity index (χ0) is 26.9. The van der Waals surface area contributed by atoms with E-state index < -0.39 is 23.5 Å². The number of benzene rings is 3. The van der Waals surface area contributed by atoms with Crippen molar-refractivity contribution in [2.75, 3.05) is 13.7 Å². The number of ether oxygens (including phenoxy) is 1. The van der Waals surface area contributed by atoms with Crippen molar-refractivity contribution >= 4 is 29.1 Å². The van der Waals surface area contributed by atoms with Gasteiger partial charge in [0.15, 0.2) is 0 Å². The maximum absolute atomic E-state index is 13.8. The number of aryl methyl sites for hydroxylation is 1. The molecule has 0 spiro atoms. The summed E-state index contributed by atoms with van der Waals surface area (Å²) in [4.78, 5) is 28.1. The summed E-state index contributed by atoms with van der Waals surface area (Å²) < 4.78 is 19.3. The molecule has 1 N–H and O–H groups in total. The van der Waals surface area contributed by atoms with Crippen molar-refractivity contribution in [1.29, 1.82) is 0 Å². The van der Waals surface area contributed by atoms with Gasteiger partial charge in [-0.2, -0.15) is 0 Å². The number of rotatable bonds is 7. The number of carbonyl (C=O) groups is 2. The van der Waals surface area contributed by atoms with Gasteiger partial charge in [0.1, 0.15) is 17.3 Å². The van der Waals surface area contributed by atoms with Gasteiger partial charge in [0.2, 0.25) is 0 Å². The number of nitrogens with zero attached hydrogens (tertiary/aromatic N) is 1. The summed E-state index contributed by atoms with van der Waals surface area (Å²) in [5, 5.41) is 12.1. The Kier molecular flexibility index (Phi) is 7.69. The van der Waals surface area contributed by atoms with E-state index >= 15 is 0 Å². The predicted molar refractivity (Wildman–Crippen MR) is 142 cm³/mol. The van der Waals surface area contributed by atoms with Crippen LogP contribution in [0.5, 0.6) is 5.75 Å². The summed E-state index contributed by atoms with van der Waals surface area (Å²) in [6.07, 6.45) is 0.473. The van der Waals surface area contributed by atoms with Crippen LogP contribution in [0.1, 0.15) is 53.6 Å². The predicted octanol–water partition coefficient (Wildman–Crippen LogP) is 6.58. The molecule has 1 atom stereocenters. The Morgan fingerprint density at radius 3 is 2.32 bits per heavy atom. The normalized spacial score (nSPS) is 17.1. The van der Waals surface area contributed by atoms with E-state index in [1.54, 1.807) is 25.3 Å². The molecule has 1 heterocycles. The fourth-order valence-corrected chi connectivity index (χ4v) is 4.86. The monoisotopic (exact) mass is 521 g/mol. The van der Waals surface area contributed by atoms with Crippen LogP contribution in [-0.2, 0) is 16.0 Å². The lowest BCUT2D eigenvalue weighted by molar-refractivity contribution is -0.139. The van der Waals surface area contributed by atoms with Gasteiger partial charge in [-0.3, -0.25) is 9.59 Å². The average Bonchev–Trinajstić information content (AvgIpc) is 3.13. The molecular formula is C30H29ClFNO4. The Morgan fingerprint density at radius 1 is 1.08 bits per heavy atom. The number of halogens is 2. The third kappa shape index (κ3) is 5.25.